The van der Waals surface area contributed by atoms with Crippen LogP contribution < -0.4 is 5.32 Å². The lowest BCUT2D eigenvalue weighted by Gasteiger charge is -2.09. The van der Waals surface area contributed by atoms with E-state index in [1.54, 1.807) is 13.0 Å². The molecule has 0 saturated heterocycles. The number of nitrogens with zero attached hydrogens (tertiary/aromatic N) is 2. The molecule has 0 aliphatic rings. The number of carbonyl (C=O) groups is 1. The fourth-order valence-electron chi connectivity index (χ4n) is 1.63. The highest BCUT2D eigenvalue weighted by atomic mass is 16.6. The largest absolute Gasteiger partial charge is 0.478 e. The fraction of sp³-hybridized carbons (Fsp3) is 0.0769. The molecule has 2 rings (SSSR count). The molecule has 1 heterocycles. The summed E-state index contributed by atoms with van der Waals surface area (Å²) in [7, 11) is 0. The number of carboxylic acid groups (broad SMARTS) is 1. The summed E-state index contributed by atoms with van der Waals surface area (Å²) >= 11 is 0. The van der Waals surface area contributed by atoms with Crippen LogP contribution in [0.3, 0.4) is 0 Å². The first-order valence-electron chi connectivity index (χ1n) is 5.70. The molecule has 0 atom stereocenters. The Morgan fingerprint density at radius 3 is 2.45 bits per heavy atom. The topological polar surface area (TPSA) is 105 Å². The predicted octanol–water partition coefficient (Wildman–Crippen LogP) is 2.74. The second kappa shape index (κ2) is 5.35. The average molecular weight is 273 g/mol. The van der Waals surface area contributed by atoms with Crippen molar-refractivity contribution in [3.8, 4) is 0 Å². The summed E-state index contributed by atoms with van der Waals surface area (Å²) in [5.74, 6) is -0.895. The number of non-ortho nitro benzene ring substituents is 1. The lowest BCUT2D eigenvalue weighted by Crippen LogP contribution is -2.05. The molecule has 7 heteroatoms. The number of anilines is 2. The van der Waals surface area contributed by atoms with Gasteiger partial charge in [0.15, 0.2) is 0 Å². The number of nitro groups is 1. The third-order valence-corrected chi connectivity index (χ3v) is 2.61. The Morgan fingerprint density at radius 2 is 1.90 bits per heavy atom. The van der Waals surface area contributed by atoms with E-state index in [0.717, 1.165) is 0 Å². The Labute approximate surface area is 114 Å². The van der Waals surface area contributed by atoms with Crippen molar-refractivity contribution in [2.45, 2.75) is 6.92 Å². The molecule has 0 fully saturated rings. The van der Waals surface area contributed by atoms with Crippen LogP contribution >= 0.6 is 0 Å². The van der Waals surface area contributed by atoms with E-state index in [1.165, 1.54) is 30.3 Å². The molecule has 0 bridgehead atoms. The Bertz CT molecular complexity index is 668. The lowest BCUT2D eigenvalue weighted by atomic mass is 10.2. The van der Waals surface area contributed by atoms with E-state index < -0.39 is 10.9 Å². The normalized spacial score (nSPS) is 10.1. The van der Waals surface area contributed by atoms with Gasteiger partial charge in [-0.3, -0.25) is 10.1 Å². The number of aryl methyl sites for hydroxylation is 1. The van der Waals surface area contributed by atoms with Gasteiger partial charge in [-0.05, 0) is 31.2 Å². The highest BCUT2D eigenvalue weighted by Gasteiger charge is 2.12. The quantitative estimate of drug-likeness (QED) is 0.655. The highest BCUT2D eigenvalue weighted by molar-refractivity contribution is 5.94. The number of nitrogens with one attached hydrogen (secondary N) is 1. The standard InChI is InChI=1S/C13H11N3O4/c1-8-2-7-11(13(17)18)12(14-8)15-9-3-5-10(6-4-9)16(19)20/h2-7H,1H3,(H,14,15)(H,17,18). The molecular weight excluding hydrogens is 262 g/mol. The molecule has 0 saturated carbocycles. The van der Waals surface area contributed by atoms with Gasteiger partial charge in [0, 0.05) is 23.5 Å². The molecule has 7 nitrogen and oxygen atoms in total. The van der Waals surface area contributed by atoms with Crippen molar-refractivity contribution in [1.29, 1.82) is 0 Å². The molecular formula is C13H11N3O4. The van der Waals surface area contributed by atoms with E-state index >= 15 is 0 Å². The third-order valence-electron chi connectivity index (χ3n) is 2.61. The van der Waals surface area contributed by atoms with Gasteiger partial charge in [0.05, 0.1) is 4.92 Å². The minimum Gasteiger partial charge on any atom is -0.478 e. The molecule has 102 valence electrons. The van der Waals surface area contributed by atoms with Gasteiger partial charge in [0.2, 0.25) is 0 Å². The van der Waals surface area contributed by atoms with Crippen molar-refractivity contribution >= 4 is 23.2 Å². The number of rotatable bonds is 4. The Balaban J connectivity index is 2.31. The molecule has 0 aliphatic heterocycles. The van der Waals surface area contributed by atoms with Crippen molar-refractivity contribution in [3.05, 3.63) is 57.8 Å². The van der Waals surface area contributed by atoms with Crippen molar-refractivity contribution in [2.75, 3.05) is 5.32 Å². The smallest absolute Gasteiger partial charge is 0.339 e. The van der Waals surface area contributed by atoms with Crippen molar-refractivity contribution in [1.82, 2.24) is 4.98 Å². The van der Waals surface area contributed by atoms with Crippen LogP contribution in [0.2, 0.25) is 0 Å². The summed E-state index contributed by atoms with van der Waals surface area (Å²) in [5, 5.41) is 22.5. The summed E-state index contributed by atoms with van der Waals surface area (Å²) in [4.78, 5) is 25.3. The number of benzene rings is 1. The Morgan fingerprint density at radius 1 is 1.25 bits per heavy atom. The van der Waals surface area contributed by atoms with Gasteiger partial charge in [-0.15, -0.1) is 0 Å². The number of carboxylic acids is 1. The SMILES string of the molecule is Cc1ccc(C(=O)O)c(Nc2ccc([N+](=O)[O-])cc2)n1. The first-order chi connectivity index (χ1) is 9.47. The summed E-state index contributed by atoms with van der Waals surface area (Å²) in [6.07, 6.45) is 0. The van der Waals surface area contributed by atoms with Crippen LogP contribution in [0.15, 0.2) is 36.4 Å². The molecule has 1 aromatic carbocycles. The maximum absolute atomic E-state index is 11.1. The van der Waals surface area contributed by atoms with Crippen molar-refractivity contribution in [3.63, 3.8) is 0 Å². The molecule has 0 amide bonds. The summed E-state index contributed by atoms with van der Waals surface area (Å²) < 4.78 is 0. The van der Waals surface area contributed by atoms with E-state index in [0.29, 0.717) is 11.4 Å². The van der Waals surface area contributed by atoms with Gasteiger partial charge in [-0.25, -0.2) is 9.78 Å². The third kappa shape index (κ3) is 2.89. The zero-order valence-corrected chi connectivity index (χ0v) is 10.5. The summed E-state index contributed by atoms with van der Waals surface area (Å²) in [5.41, 5.74) is 1.19. The van der Waals surface area contributed by atoms with E-state index in [4.69, 9.17) is 5.11 Å². The van der Waals surface area contributed by atoms with Gasteiger partial charge in [0.25, 0.3) is 5.69 Å². The molecule has 2 aromatic rings. The van der Waals surface area contributed by atoms with E-state index in [1.807, 2.05) is 0 Å². The number of aromatic carboxylic acids is 1. The second-order valence-electron chi connectivity index (χ2n) is 4.08. The van der Waals surface area contributed by atoms with Gasteiger partial charge in [-0.1, -0.05) is 0 Å². The molecule has 20 heavy (non-hydrogen) atoms. The number of nitro benzene ring substituents is 1. The predicted molar refractivity (Wildman–Crippen MR) is 72.3 cm³/mol. The second-order valence-corrected chi connectivity index (χ2v) is 4.08. The molecule has 0 aliphatic carbocycles. The van der Waals surface area contributed by atoms with Crippen LogP contribution in [0, 0.1) is 17.0 Å². The highest BCUT2D eigenvalue weighted by Crippen LogP contribution is 2.21. The fourth-order valence-corrected chi connectivity index (χ4v) is 1.63. The first kappa shape index (κ1) is 13.5. The van der Waals surface area contributed by atoms with Crippen LogP contribution in [0.25, 0.3) is 0 Å². The molecule has 2 N–H and O–H groups in total. The van der Waals surface area contributed by atoms with E-state index in [2.05, 4.69) is 10.3 Å². The Kier molecular flexibility index (Phi) is 3.60. The molecule has 0 spiro atoms. The number of hydrogen-bond donors (Lipinski definition) is 2. The number of pyridine rings is 1. The Hall–Kier alpha value is -2.96. The minimum absolute atomic E-state index is 0.0359. The van der Waals surface area contributed by atoms with Gasteiger partial charge in [-0.2, -0.15) is 0 Å². The first-order valence-corrected chi connectivity index (χ1v) is 5.70. The number of hydrogen-bond acceptors (Lipinski definition) is 5. The van der Waals surface area contributed by atoms with Crippen LogP contribution in [0.5, 0.6) is 0 Å². The van der Waals surface area contributed by atoms with Crippen LogP contribution in [-0.2, 0) is 0 Å². The summed E-state index contributed by atoms with van der Waals surface area (Å²) in [6.45, 7) is 1.74. The molecule has 1 aromatic heterocycles. The maximum Gasteiger partial charge on any atom is 0.339 e. The van der Waals surface area contributed by atoms with Gasteiger partial charge in [0.1, 0.15) is 11.4 Å². The van der Waals surface area contributed by atoms with Crippen LogP contribution in [0.4, 0.5) is 17.2 Å². The van der Waals surface area contributed by atoms with E-state index in [-0.39, 0.29) is 17.1 Å². The summed E-state index contributed by atoms with van der Waals surface area (Å²) in [6, 6.07) is 8.71. The monoisotopic (exact) mass is 273 g/mol. The van der Waals surface area contributed by atoms with Gasteiger partial charge >= 0.3 is 5.97 Å². The minimum atomic E-state index is -1.10. The zero-order valence-electron chi connectivity index (χ0n) is 10.5. The molecule has 0 unspecified atom stereocenters. The van der Waals surface area contributed by atoms with Gasteiger partial charge < -0.3 is 10.4 Å². The molecule has 0 radical (unpaired) electrons. The van der Waals surface area contributed by atoms with Crippen molar-refractivity contribution < 1.29 is 14.8 Å². The van der Waals surface area contributed by atoms with E-state index in [9.17, 15) is 14.9 Å². The maximum atomic E-state index is 11.1. The zero-order chi connectivity index (χ0) is 14.7. The van der Waals surface area contributed by atoms with Crippen LogP contribution in [0.1, 0.15) is 16.1 Å². The lowest BCUT2D eigenvalue weighted by molar-refractivity contribution is -0.384. The average Bonchev–Trinajstić information content (AvgIpc) is 2.39. The van der Waals surface area contributed by atoms with Crippen LogP contribution in [-0.4, -0.2) is 21.0 Å². The van der Waals surface area contributed by atoms with Crippen molar-refractivity contribution in [2.24, 2.45) is 0 Å². The number of aromatic nitrogens is 1.